The molecule has 0 aliphatic heterocycles. The van der Waals surface area contributed by atoms with Crippen LogP contribution in [0.25, 0.3) is 0 Å². The van der Waals surface area contributed by atoms with E-state index in [1.165, 1.54) is 11.1 Å². The van der Waals surface area contributed by atoms with Crippen LogP contribution in [0, 0.1) is 6.92 Å². The van der Waals surface area contributed by atoms with E-state index in [2.05, 4.69) is 29.2 Å². The van der Waals surface area contributed by atoms with Crippen molar-refractivity contribution in [3.8, 4) is 0 Å². The highest BCUT2D eigenvalue weighted by atomic mass is 16.5. The van der Waals surface area contributed by atoms with E-state index in [0.717, 1.165) is 32.8 Å². The van der Waals surface area contributed by atoms with Gasteiger partial charge in [0, 0.05) is 45.7 Å². The number of likely N-dealkylation sites (N-methyl/N-ethyl adjacent to an activating group) is 1. The number of hydrogen-bond donors (Lipinski definition) is 1. The molecular formula is C13H23N3O. The maximum atomic E-state index is 5.03. The lowest BCUT2D eigenvalue weighted by atomic mass is 10.1. The fraction of sp³-hybridized carbons (Fsp3) is 0.615. The zero-order valence-corrected chi connectivity index (χ0v) is 11.1. The average Bonchev–Trinajstić information content (AvgIpc) is 2.34. The zero-order chi connectivity index (χ0) is 12.5. The van der Waals surface area contributed by atoms with Crippen molar-refractivity contribution in [2.75, 3.05) is 40.4 Å². The summed E-state index contributed by atoms with van der Waals surface area (Å²) in [6.45, 7) is 6.78. The van der Waals surface area contributed by atoms with Crippen molar-refractivity contribution in [2.24, 2.45) is 0 Å². The molecule has 1 aromatic heterocycles. The molecule has 0 fully saturated rings. The normalized spacial score (nSPS) is 11.1. The summed E-state index contributed by atoms with van der Waals surface area (Å²) in [5.74, 6) is 0. The van der Waals surface area contributed by atoms with Crippen LogP contribution in [-0.4, -0.2) is 50.3 Å². The summed E-state index contributed by atoms with van der Waals surface area (Å²) in [6, 6.07) is 2.04. The van der Waals surface area contributed by atoms with Gasteiger partial charge in [0.1, 0.15) is 0 Å². The fourth-order valence-electron chi connectivity index (χ4n) is 1.53. The van der Waals surface area contributed by atoms with Crippen LogP contribution >= 0.6 is 0 Å². The molecule has 1 rings (SSSR count). The maximum Gasteiger partial charge on any atom is 0.0589 e. The number of nitrogens with zero attached hydrogens (tertiary/aromatic N) is 2. The third-order valence-corrected chi connectivity index (χ3v) is 2.81. The van der Waals surface area contributed by atoms with E-state index >= 15 is 0 Å². The van der Waals surface area contributed by atoms with Gasteiger partial charge in [-0.15, -0.1) is 0 Å². The molecule has 1 N–H and O–H groups in total. The summed E-state index contributed by atoms with van der Waals surface area (Å²) in [7, 11) is 3.84. The Hall–Kier alpha value is -0.970. The Morgan fingerprint density at radius 1 is 1.41 bits per heavy atom. The summed E-state index contributed by atoms with van der Waals surface area (Å²) in [5.41, 5.74) is 2.56. The van der Waals surface area contributed by atoms with Gasteiger partial charge in [0.2, 0.25) is 0 Å². The van der Waals surface area contributed by atoms with Crippen LogP contribution in [-0.2, 0) is 11.3 Å². The molecule has 4 heteroatoms. The van der Waals surface area contributed by atoms with E-state index in [0.29, 0.717) is 0 Å². The first-order valence-electron chi connectivity index (χ1n) is 6.01. The zero-order valence-electron chi connectivity index (χ0n) is 11.1. The molecule has 0 saturated carbocycles. The second-order valence-electron chi connectivity index (χ2n) is 4.28. The highest BCUT2D eigenvalue weighted by Gasteiger charge is 1.99. The van der Waals surface area contributed by atoms with Gasteiger partial charge in [-0.3, -0.25) is 4.98 Å². The number of hydrogen-bond acceptors (Lipinski definition) is 4. The largest absolute Gasteiger partial charge is 0.383 e. The second-order valence-corrected chi connectivity index (χ2v) is 4.28. The van der Waals surface area contributed by atoms with Crippen molar-refractivity contribution in [2.45, 2.75) is 13.5 Å². The Labute approximate surface area is 104 Å². The SMILES string of the molecule is COCCN(C)CCNCc1cnccc1C. The first-order chi connectivity index (χ1) is 8.24. The van der Waals surface area contributed by atoms with E-state index in [1.807, 2.05) is 18.5 Å². The minimum Gasteiger partial charge on any atom is -0.383 e. The molecule has 0 bridgehead atoms. The van der Waals surface area contributed by atoms with Gasteiger partial charge in [-0.25, -0.2) is 0 Å². The molecule has 0 aliphatic rings. The third-order valence-electron chi connectivity index (χ3n) is 2.81. The molecule has 0 atom stereocenters. The molecule has 1 aromatic rings. The molecule has 17 heavy (non-hydrogen) atoms. The van der Waals surface area contributed by atoms with E-state index in [1.54, 1.807) is 7.11 Å². The van der Waals surface area contributed by atoms with Crippen molar-refractivity contribution in [3.05, 3.63) is 29.6 Å². The van der Waals surface area contributed by atoms with Gasteiger partial charge in [0.15, 0.2) is 0 Å². The van der Waals surface area contributed by atoms with E-state index < -0.39 is 0 Å². The Morgan fingerprint density at radius 3 is 2.94 bits per heavy atom. The number of aryl methyl sites for hydroxylation is 1. The van der Waals surface area contributed by atoms with Crippen LogP contribution in [0.4, 0.5) is 0 Å². The number of ether oxygens (including phenoxy) is 1. The summed E-state index contributed by atoms with van der Waals surface area (Å²) < 4.78 is 5.03. The Balaban J connectivity index is 2.14. The molecule has 4 nitrogen and oxygen atoms in total. The predicted molar refractivity (Wildman–Crippen MR) is 70.1 cm³/mol. The monoisotopic (exact) mass is 237 g/mol. The fourth-order valence-corrected chi connectivity index (χ4v) is 1.53. The van der Waals surface area contributed by atoms with Crippen molar-refractivity contribution in [1.82, 2.24) is 15.2 Å². The topological polar surface area (TPSA) is 37.4 Å². The van der Waals surface area contributed by atoms with Gasteiger partial charge in [-0.1, -0.05) is 0 Å². The van der Waals surface area contributed by atoms with Gasteiger partial charge in [-0.05, 0) is 31.2 Å². The summed E-state index contributed by atoms with van der Waals surface area (Å²) in [4.78, 5) is 6.39. The van der Waals surface area contributed by atoms with E-state index in [9.17, 15) is 0 Å². The number of methoxy groups -OCH3 is 1. The highest BCUT2D eigenvalue weighted by Crippen LogP contribution is 2.03. The molecule has 0 aromatic carbocycles. The quantitative estimate of drug-likeness (QED) is 0.686. The van der Waals surface area contributed by atoms with Crippen LogP contribution in [0.2, 0.25) is 0 Å². The molecule has 1 heterocycles. The van der Waals surface area contributed by atoms with Crippen molar-refractivity contribution in [1.29, 1.82) is 0 Å². The van der Waals surface area contributed by atoms with Crippen LogP contribution in [0.5, 0.6) is 0 Å². The van der Waals surface area contributed by atoms with Crippen molar-refractivity contribution >= 4 is 0 Å². The van der Waals surface area contributed by atoms with Crippen LogP contribution in [0.3, 0.4) is 0 Å². The molecule has 0 unspecified atom stereocenters. The second kappa shape index (κ2) is 8.17. The van der Waals surface area contributed by atoms with Crippen LogP contribution in [0.1, 0.15) is 11.1 Å². The molecule has 0 saturated heterocycles. The van der Waals surface area contributed by atoms with Gasteiger partial charge < -0.3 is 15.0 Å². The van der Waals surface area contributed by atoms with Gasteiger partial charge in [-0.2, -0.15) is 0 Å². The molecular weight excluding hydrogens is 214 g/mol. The van der Waals surface area contributed by atoms with Gasteiger partial charge >= 0.3 is 0 Å². The van der Waals surface area contributed by atoms with Gasteiger partial charge in [0.25, 0.3) is 0 Å². The maximum absolute atomic E-state index is 5.03. The Bertz CT molecular complexity index is 317. The number of pyridine rings is 1. The standard InChI is InChI=1S/C13H23N3O/c1-12-4-5-14-10-13(12)11-15-6-7-16(2)8-9-17-3/h4-5,10,15H,6-9,11H2,1-3H3. The summed E-state index contributed by atoms with van der Waals surface area (Å²) in [5, 5.41) is 3.43. The highest BCUT2D eigenvalue weighted by molar-refractivity contribution is 5.20. The Morgan fingerprint density at radius 2 is 2.24 bits per heavy atom. The predicted octanol–water partition coefficient (Wildman–Crippen LogP) is 1.06. The minimum atomic E-state index is 0.790. The lowest BCUT2D eigenvalue weighted by Gasteiger charge is -2.16. The van der Waals surface area contributed by atoms with Crippen LogP contribution in [0.15, 0.2) is 18.5 Å². The number of aromatic nitrogens is 1. The van der Waals surface area contributed by atoms with E-state index in [4.69, 9.17) is 4.74 Å². The first-order valence-corrected chi connectivity index (χ1v) is 6.01. The van der Waals surface area contributed by atoms with Crippen molar-refractivity contribution < 1.29 is 4.74 Å². The molecule has 0 spiro atoms. The average molecular weight is 237 g/mol. The minimum absolute atomic E-state index is 0.790. The smallest absolute Gasteiger partial charge is 0.0589 e. The number of rotatable bonds is 8. The molecule has 0 aliphatic carbocycles. The molecule has 96 valence electrons. The summed E-state index contributed by atoms with van der Waals surface area (Å²) >= 11 is 0. The first kappa shape index (κ1) is 14.1. The third kappa shape index (κ3) is 5.77. The Kier molecular flexibility index (Phi) is 6.77. The van der Waals surface area contributed by atoms with E-state index in [-0.39, 0.29) is 0 Å². The van der Waals surface area contributed by atoms with Crippen LogP contribution < -0.4 is 5.32 Å². The molecule has 0 amide bonds. The number of nitrogens with one attached hydrogen (secondary N) is 1. The molecule has 0 radical (unpaired) electrons. The lowest BCUT2D eigenvalue weighted by molar-refractivity contribution is 0.161. The summed E-state index contributed by atoms with van der Waals surface area (Å²) in [6.07, 6.45) is 3.76. The van der Waals surface area contributed by atoms with Gasteiger partial charge in [0.05, 0.1) is 6.61 Å². The lowest BCUT2D eigenvalue weighted by Crippen LogP contribution is -2.31. The van der Waals surface area contributed by atoms with Crippen molar-refractivity contribution in [3.63, 3.8) is 0 Å².